The first-order valence-corrected chi connectivity index (χ1v) is 7.49. The van der Waals surface area contributed by atoms with Gasteiger partial charge in [0.25, 0.3) is 0 Å². The van der Waals surface area contributed by atoms with E-state index in [4.69, 9.17) is 12.2 Å². The van der Waals surface area contributed by atoms with Crippen molar-refractivity contribution in [2.75, 3.05) is 16.8 Å². The van der Waals surface area contributed by atoms with Gasteiger partial charge in [0.05, 0.1) is 0 Å². The van der Waals surface area contributed by atoms with E-state index in [1.807, 2.05) is 29.2 Å². The van der Waals surface area contributed by atoms with Gasteiger partial charge in [0.1, 0.15) is 0 Å². The molecule has 0 radical (unpaired) electrons. The molecule has 0 spiro atoms. The van der Waals surface area contributed by atoms with Crippen molar-refractivity contribution in [1.29, 1.82) is 0 Å². The second-order valence-electron chi connectivity index (χ2n) is 5.11. The second kappa shape index (κ2) is 6.70. The van der Waals surface area contributed by atoms with Crippen molar-refractivity contribution < 1.29 is 4.79 Å². The summed E-state index contributed by atoms with van der Waals surface area (Å²) in [5, 5.41) is 7.00. The number of carbonyl (C=O) groups excluding carboxylic acids is 1. The Hall–Kier alpha value is -1.62. The van der Waals surface area contributed by atoms with Crippen molar-refractivity contribution >= 4 is 34.6 Å². The quantitative estimate of drug-likeness (QED) is 0.837. The van der Waals surface area contributed by atoms with Gasteiger partial charge in [-0.1, -0.05) is 13.0 Å². The lowest BCUT2D eigenvalue weighted by Gasteiger charge is -2.18. The molecule has 0 saturated carbocycles. The maximum atomic E-state index is 11.8. The third-order valence-corrected chi connectivity index (χ3v) is 3.70. The molecule has 5 heteroatoms. The van der Waals surface area contributed by atoms with Crippen LogP contribution in [0.3, 0.4) is 0 Å². The van der Waals surface area contributed by atoms with Gasteiger partial charge in [-0.05, 0) is 50.2 Å². The molecular formula is C15H21N3OS. The molecule has 1 aromatic carbocycles. The molecule has 1 heterocycles. The zero-order chi connectivity index (χ0) is 14.5. The molecule has 1 aromatic rings. The Kier molecular flexibility index (Phi) is 4.95. The third-order valence-electron chi connectivity index (χ3n) is 3.48. The molecule has 1 fully saturated rings. The highest BCUT2D eigenvalue weighted by Gasteiger charge is 2.21. The fourth-order valence-electron chi connectivity index (χ4n) is 2.17. The SMILES string of the molecule is CCC(C)NC(=S)Nc1cccc(N2CCCC2=O)c1. The van der Waals surface area contributed by atoms with Gasteiger partial charge < -0.3 is 15.5 Å². The minimum Gasteiger partial charge on any atom is -0.360 e. The van der Waals surface area contributed by atoms with E-state index >= 15 is 0 Å². The van der Waals surface area contributed by atoms with Crippen LogP contribution in [-0.2, 0) is 4.79 Å². The molecule has 0 aromatic heterocycles. The minimum atomic E-state index is 0.197. The summed E-state index contributed by atoms with van der Waals surface area (Å²) in [6.07, 6.45) is 2.60. The average molecular weight is 291 g/mol. The van der Waals surface area contributed by atoms with Crippen LogP contribution in [0.25, 0.3) is 0 Å². The number of nitrogens with one attached hydrogen (secondary N) is 2. The van der Waals surface area contributed by atoms with Crippen molar-refractivity contribution in [3.05, 3.63) is 24.3 Å². The minimum absolute atomic E-state index is 0.197. The zero-order valence-electron chi connectivity index (χ0n) is 12.0. The molecule has 108 valence electrons. The van der Waals surface area contributed by atoms with E-state index in [0.717, 1.165) is 30.8 Å². The molecule has 1 aliphatic heterocycles. The number of carbonyl (C=O) groups is 1. The number of nitrogens with zero attached hydrogens (tertiary/aromatic N) is 1. The fourth-order valence-corrected chi connectivity index (χ4v) is 2.48. The van der Waals surface area contributed by atoms with Crippen LogP contribution in [0, 0.1) is 0 Å². The lowest BCUT2D eigenvalue weighted by Crippen LogP contribution is -2.35. The van der Waals surface area contributed by atoms with Crippen LogP contribution in [0.5, 0.6) is 0 Å². The monoisotopic (exact) mass is 291 g/mol. The lowest BCUT2D eigenvalue weighted by atomic mass is 10.2. The van der Waals surface area contributed by atoms with Gasteiger partial charge in [-0.2, -0.15) is 0 Å². The highest BCUT2D eigenvalue weighted by molar-refractivity contribution is 7.80. The van der Waals surface area contributed by atoms with Gasteiger partial charge in [-0.25, -0.2) is 0 Å². The maximum Gasteiger partial charge on any atom is 0.227 e. The van der Waals surface area contributed by atoms with Crippen molar-refractivity contribution in [1.82, 2.24) is 5.32 Å². The Labute approximate surface area is 125 Å². The van der Waals surface area contributed by atoms with Gasteiger partial charge in [-0.15, -0.1) is 0 Å². The smallest absolute Gasteiger partial charge is 0.227 e. The first kappa shape index (κ1) is 14.8. The number of thiocarbonyl (C=S) groups is 1. The van der Waals surface area contributed by atoms with Crippen LogP contribution in [0.2, 0.25) is 0 Å². The van der Waals surface area contributed by atoms with Crippen LogP contribution in [0.4, 0.5) is 11.4 Å². The molecule has 4 nitrogen and oxygen atoms in total. The Bertz CT molecular complexity index is 504. The van der Waals surface area contributed by atoms with E-state index in [1.165, 1.54) is 0 Å². The van der Waals surface area contributed by atoms with Crippen LogP contribution in [-0.4, -0.2) is 23.6 Å². The van der Waals surface area contributed by atoms with Crippen molar-refractivity contribution in [2.45, 2.75) is 39.2 Å². The Morgan fingerprint density at radius 2 is 2.30 bits per heavy atom. The summed E-state index contributed by atoms with van der Waals surface area (Å²) >= 11 is 5.28. The number of hydrogen-bond acceptors (Lipinski definition) is 2. The van der Waals surface area contributed by atoms with Gasteiger partial charge in [-0.3, -0.25) is 4.79 Å². The molecule has 2 rings (SSSR count). The fraction of sp³-hybridized carbons (Fsp3) is 0.467. The molecule has 1 unspecified atom stereocenters. The van der Waals surface area contributed by atoms with Crippen molar-refractivity contribution in [2.24, 2.45) is 0 Å². The first-order valence-electron chi connectivity index (χ1n) is 7.08. The molecule has 1 atom stereocenters. The summed E-state index contributed by atoms with van der Waals surface area (Å²) in [6.45, 7) is 5.01. The van der Waals surface area contributed by atoms with E-state index in [9.17, 15) is 4.79 Å². The molecular weight excluding hydrogens is 270 g/mol. The van der Waals surface area contributed by atoms with E-state index in [2.05, 4.69) is 24.5 Å². The second-order valence-corrected chi connectivity index (χ2v) is 5.52. The number of rotatable bonds is 4. The summed E-state index contributed by atoms with van der Waals surface area (Å²) < 4.78 is 0. The normalized spacial score (nSPS) is 16.1. The first-order chi connectivity index (χ1) is 9.60. The van der Waals surface area contributed by atoms with Crippen LogP contribution >= 0.6 is 12.2 Å². The predicted molar refractivity (Wildman–Crippen MR) is 87.1 cm³/mol. The summed E-state index contributed by atoms with van der Waals surface area (Å²) in [5.74, 6) is 0.197. The molecule has 0 bridgehead atoms. The van der Waals surface area contributed by atoms with E-state index < -0.39 is 0 Å². The molecule has 1 aliphatic rings. The van der Waals surface area contributed by atoms with Crippen molar-refractivity contribution in [3.8, 4) is 0 Å². The zero-order valence-corrected chi connectivity index (χ0v) is 12.8. The molecule has 1 saturated heterocycles. The maximum absolute atomic E-state index is 11.8. The highest BCUT2D eigenvalue weighted by atomic mass is 32.1. The van der Waals surface area contributed by atoms with Gasteiger partial charge >= 0.3 is 0 Å². The van der Waals surface area contributed by atoms with E-state index in [-0.39, 0.29) is 5.91 Å². The Morgan fingerprint density at radius 3 is 2.95 bits per heavy atom. The topological polar surface area (TPSA) is 44.4 Å². The van der Waals surface area contributed by atoms with Gasteiger partial charge in [0, 0.05) is 30.4 Å². The molecule has 0 aliphatic carbocycles. The Balaban J connectivity index is 2.02. The summed E-state index contributed by atoms with van der Waals surface area (Å²) in [6, 6.07) is 8.16. The third kappa shape index (κ3) is 3.70. The van der Waals surface area contributed by atoms with Crippen LogP contribution in [0.15, 0.2) is 24.3 Å². The van der Waals surface area contributed by atoms with Gasteiger partial charge in [0.15, 0.2) is 5.11 Å². The largest absolute Gasteiger partial charge is 0.360 e. The summed E-state index contributed by atoms with van der Waals surface area (Å²) in [5.41, 5.74) is 1.84. The molecule has 20 heavy (non-hydrogen) atoms. The molecule has 1 amide bonds. The van der Waals surface area contributed by atoms with E-state index in [1.54, 1.807) is 0 Å². The highest BCUT2D eigenvalue weighted by Crippen LogP contribution is 2.24. The standard InChI is InChI=1S/C15H21N3OS/c1-3-11(2)16-15(20)17-12-6-4-7-13(10-12)18-9-5-8-14(18)19/h4,6-7,10-11H,3,5,8-9H2,1-2H3,(H2,16,17,20). The Morgan fingerprint density at radius 1 is 1.50 bits per heavy atom. The number of benzene rings is 1. The number of hydrogen-bond donors (Lipinski definition) is 2. The van der Waals surface area contributed by atoms with Crippen LogP contribution < -0.4 is 15.5 Å². The lowest BCUT2D eigenvalue weighted by molar-refractivity contribution is -0.117. The molecule has 2 N–H and O–H groups in total. The average Bonchev–Trinajstić information content (AvgIpc) is 2.85. The number of anilines is 2. The summed E-state index contributed by atoms with van der Waals surface area (Å²) in [4.78, 5) is 13.6. The van der Waals surface area contributed by atoms with E-state index in [0.29, 0.717) is 17.6 Å². The number of amides is 1. The van der Waals surface area contributed by atoms with Gasteiger partial charge in [0.2, 0.25) is 5.91 Å². The predicted octanol–water partition coefficient (Wildman–Crippen LogP) is 2.90. The summed E-state index contributed by atoms with van der Waals surface area (Å²) in [7, 11) is 0. The van der Waals surface area contributed by atoms with Crippen LogP contribution in [0.1, 0.15) is 33.1 Å². The van der Waals surface area contributed by atoms with Crippen molar-refractivity contribution in [3.63, 3.8) is 0 Å².